The second-order valence-corrected chi connectivity index (χ2v) is 6.63. The van der Waals surface area contributed by atoms with Crippen molar-refractivity contribution in [3.63, 3.8) is 0 Å². The van der Waals surface area contributed by atoms with Crippen LogP contribution in [0.1, 0.15) is 52.9 Å². The first kappa shape index (κ1) is 17.1. The van der Waals surface area contributed by atoms with Crippen LogP contribution < -0.4 is 0 Å². The molecule has 0 heterocycles. The number of aryl methyl sites for hydroxylation is 2. The van der Waals surface area contributed by atoms with E-state index in [4.69, 9.17) is 0 Å². The molecule has 0 fully saturated rings. The highest BCUT2D eigenvalue weighted by Gasteiger charge is 2.21. The molecule has 1 amide bonds. The molecule has 1 atom stereocenters. The maximum atomic E-state index is 12.9. The van der Waals surface area contributed by atoms with Crippen LogP contribution in [0.15, 0.2) is 42.5 Å². The van der Waals surface area contributed by atoms with E-state index < -0.39 is 4.92 Å². The Bertz CT molecular complexity index is 816. The van der Waals surface area contributed by atoms with Gasteiger partial charge in [-0.1, -0.05) is 18.2 Å². The lowest BCUT2D eigenvalue weighted by atomic mass is 9.90. The Kier molecular flexibility index (Phi) is 4.83. The van der Waals surface area contributed by atoms with Crippen molar-refractivity contribution in [1.82, 2.24) is 4.90 Å². The van der Waals surface area contributed by atoms with Crippen LogP contribution in [0.4, 0.5) is 5.69 Å². The summed E-state index contributed by atoms with van der Waals surface area (Å²) in [4.78, 5) is 25.0. The first-order chi connectivity index (χ1) is 12.0. The molecule has 130 valence electrons. The summed E-state index contributed by atoms with van der Waals surface area (Å²) < 4.78 is 0. The molecular weight excluding hydrogens is 316 g/mol. The Morgan fingerprint density at radius 3 is 2.56 bits per heavy atom. The molecular formula is C20H22N2O3. The van der Waals surface area contributed by atoms with E-state index in [0.717, 1.165) is 18.4 Å². The minimum atomic E-state index is -0.415. The maximum Gasteiger partial charge on any atom is 0.269 e. The number of carbonyl (C=O) groups excluding carboxylic acids is 1. The number of nitro benzene ring substituents is 1. The van der Waals surface area contributed by atoms with E-state index in [0.29, 0.717) is 5.56 Å². The number of benzene rings is 2. The second-order valence-electron chi connectivity index (χ2n) is 6.63. The third-order valence-corrected chi connectivity index (χ3v) is 5.06. The van der Waals surface area contributed by atoms with Gasteiger partial charge in [-0.15, -0.1) is 0 Å². The lowest BCUT2D eigenvalue weighted by Crippen LogP contribution is -2.30. The van der Waals surface area contributed by atoms with E-state index in [1.165, 1.54) is 36.1 Å². The molecule has 1 unspecified atom stereocenters. The van der Waals surface area contributed by atoms with E-state index in [1.54, 1.807) is 18.0 Å². The van der Waals surface area contributed by atoms with Crippen molar-refractivity contribution in [2.75, 3.05) is 7.05 Å². The zero-order chi connectivity index (χ0) is 18.0. The molecule has 0 saturated heterocycles. The summed E-state index contributed by atoms with van der Waals surface area (Å²) in [5.41, 5.74) is 4.09. The molecule has 1 aliphatic rings. The van der Waals surface area contributed by atoms with Crippen LogP contribution in [0.3, 0.4) is 0 Å². The van der Waals surface area contributed by atoms with E-state index in [1.807, 2.05) is 25.1 Å². The minimum Gasteiger partial charge on any atom is -0.335 e. The van der Waals surface area contributed by atoms with Gasteiger partial charge in [0.05, 0.1) is 11.0 Å². The normalized spacial score (nSPS) is 14.5. The van der Waals surface area contributed by atoms with Gasteiger partial charge in [0.1, 0.15) is 0 Å². The van der Waals surface area contributed by atoms with Gasteiger partial charge in [-0.25, -0.2) is 0 Å². The number of nitro groups is 1. The van der Waals surface area contributed by atoms with Gasteiger partial charge in [0, 0.05) is 24.7 Å². The van der Waals surface area contributed by atoms with Gasteiger partial charge in [-0.05, 0) is 61.4 Å². The summed E-state index contributed by atoms with van der Waals surface area (Å²) in [5.74, 6) is -0.0626. The first-order valence-corrected chi connectivity index (χ1v) is 8.60. The van der Waals surface area contributed by atoms with E-state index in [-0.39, 0.29) is 17.6 Å². The highest BCUT2D eigenvalue weighted by molar-refractivity contribution is 5.94. The summed E-state index contributed by atoms with van der Waals surface area (Å²) in [6, 6.07) is 12.2. The predicted molar refractivity (Wildman–Crippen MR) is 96.7 cm³/mol. The van der Waals surface area contributed by atoms with Crippen molar-refractivity contribution >= 4 is 11.6 Å². The third kappa shape index (κ3) is 3.55. The van der Waals surface area contributed by atoms with Gasteiger partial charge in [0.25, 0.3) is 11.6 Å². The van der Waals surface area contributed by atoms with Gasteiger partial charge in [-0.3, -0.25) is 14.9 Å². The number of rotatable bonds is 4. The fourth-order valence-electron chi connectivity index (χ4n) is 3.37. The Morgan fingerprint density at radius 1 is 1.12 bits per heavy atom. The average Bonchev–Trinajstić information content (AvgIpc) is 2.65. The number of hydrogen-bond donors (Lipinski definition) is 0. The second kappa shape index (κ2) is 7.05. The molecule has 2 aromatic rings. The van der Waals surface area contributed by atoms with Gasteiger partial charge < -0.3 is 4.90 Å². The monoisotopic (exact) mass is 338 g/mol. The quantitative estimate of drug-likeness (QED) is 0.616. The fraction of sp³-hybridized carbons (Fsp3) is 0.350. The lowest BCUT2D eigenvalue weighted by molar-refractivity contribution is -0.384. The van der Waals surface area contributed by atoms with Crippen molar-refractivity contribution in [2.45, 2.75) is 38.6 Å². The number of non-ortho nitro benzene ring substituents is 1. The van der Waals surface area contributed by atoms with Crippen molar-refractivity contribution < 1.29 is 9.72 Å². The maximum absolute atomic E-state index is 12.9. The SMILES string of the molecule is CC(c1cccc([N+](=O)[O-])c1)N(C)C(=O)c1ccc2c(c1)CCCC2. The topological polar surface area (TPSA) is 63.5 Å². The molecule has 25 heavy (non-hydrogen) atoms. The molecule has 0 saturated carbocycles. The van der Waals surface area contributed by atoms with Crippen molar-refractivity contribution in [1.29, 1.82) is 0 Å². The smallest absolute Gasteiger partial charge is 0.269 e. The van der Waals surface area contributed by atoms with Crippen LogP contribution in [0.2, 0.25) is 0 Å². The van der Waals surface area contributed by atoms with Crippen LogP contribution in [0, 0.1) is 10.1 Å². The molecule has 2 aromatic carbocycles. The molecule has 0 spiro atoms. The standard InChI is InChI=1S/C20H22N2O3/c1-14(16-8-5-9-19(13-16)22(24)25)21(2)20(23)18-11-10-15-6-3-4-7-17(15)12-18/h5,8-14H,3-4,6-7H2,1-2H3. The Morgan fingerprint density at radius 2 is 1.84 bits per heavy atom. The van der Waals surface area contributed by atoms with Crippen LogP contribution in [-0.4, -0.2) is 22.8 Å². The molecule has 0 bridgehead atoms. The fourth-order valence-corrected chi connectivity index (χ4v) is 3.37. The van der Waals surface area contributed by atoms with Crippen molar-refractivity contribution in [2.24, 2.45) is 0 Å². The molecule has 3 rings (SSSR count). The molecule has 0 aliphatic heterocycles. The zero-order valence-corrected chi connectivity index (χ0v) is 14.6. The summed E-state index contributed by atoms with van der Waals surface area (Å²) >= 11 is 0. The van der Waals surface area contributed by atoms with Crippen molar-refractivity contribution in [3.05, 3.63) is 74.8 Å². The highest BCUT2D eigenvalue weighted by Crippen LogP contribution is 2.26. The van der Waals surface area contributed by atoms with Crippen LogP contribution in [0.5, 0.6) is 0 Å². The van der Waals surface area contributed by atoms with Gasteiger partial charge in [0.2, 0.25) is 0 Å². The Labute approximate surface area is 147 Å². The summed E-state index contributed by atoms with van der Waals surface area (Å²) in [6.07, 6.45) is 4.50. The number of nitrogens with zero attached hydrogens (tertiary/aromatic N) is 2. The molecule has 1 aliphatic carbocycles. The van der Waals surface area contributed by atoms with E-state index >= 15 is 0 Å². The first-order valence-electron chi connectivity index (χ1n) is 8.60. The van der Waals surface area contributed by atoms with Gasteiger partial charge >= 0.3 is 0 Å². The van der Waals surface area contributed by atoms with E-state index in [9.17, 15) is 14.9 Å². The Hall–Kier alpha value is -2.69. The third-order valence-electron chi connectivity index (χ3n) is 5.06. The molecule has 0 radical (unpaired) electrons. The minimum absolute atomic E-state index is 0.0407. The number of amides is 1. The zero-order valence-electron chi connectivity index (χ0n) is 14.6. The largest absolute Gasteiger partial charge is 0.335 e. The molecule has 5 heteroatoms. The summed E-state index contributed by atoms with van der Waals surface area (Å²) in [5, 5.41) is 11.0. The number of carbonyl (C=O) groups is 1. The summed E-state index contributed by atoms with van der Waals surface area (Å²) in [6.45, 7) is 1.88. The van der Waals surface area contributed by atoms with E-state index in [2.05, 4.69) is 6.07 Å². The van der Waals surface area contributed by atoms with Gasteiger partial charge in [0.15, 0.2) is 0 Å². The number of hydrogen-bond acceptors (Lipinski definition) is 3. The average molecular weight is 338 g/mol. The van der Waals surface area contributed by atoms with Crippen LogP contribution in [0.25, 0.3) is 0 Å². The van der Waals surface area contributed by atoms with Crippen LogP contribution >= 0.6 is 0 Å². The molecule has 0 N–H and O–H groups in total. The van der Waals surface area contributed by atoms with Crippen LogP contribution in [-0.2, 0) is 12.8 Å². The molecule has 5 nitrogen and oxygen atoms in total. The molecule has 0 aromatic heterocycles. The Balaban J connectivity index is 1.82. The predicted octanol–water partition coefficient (Wildman–Crippen LogP) is 4.31. The van der Waals surface area contributed by atoms with Crippen molar-refractivity contribution in [3.8, 4) is 0 Å². The van der Waals surface area contributed by atoms with Gasteiger partial charge in [-0.2, -0.15) is 0 Å². The highest BCUT2D eigenvalue weighted by atomic mass is 16.6. The summed E-state index contributed by atoms with van der Waals surface area (Å²) in [7, 11) is 1.74. The number of fused-ring (bicyclic) bond motifs is 1. The lowest BCUT2D eigenvalue weighted by Gasteiger charge is -2.26.